The molecular weight excluding hydrogens is 364 g/mol. The summed E-state index contributed by atoms with van der Waals surface area (Å²) in [7, 11) is 2.55. The highest BCUT2D eigenvalue weighted by molar-refractivity contribution is 5.97. The Morgan fingerprint density at radius 3 is 2.21 bits per heavy atom. The number of aliphatic hydroxyl groups is 1. The first kappa shape index (κ1) is 21.6. The number of hydrogen-bond acceptors (Lipinski definition) is 8. The fourth-order valence-electron chi connectivity index (χ4n) is 2.57. The lowest BCUT2D eigenvalue weighted by atomic mass is 10.0. The molecule has 1 heterocycles. The Hall–Kier alpha value is -2.68. The first-order valence-electron chi connectivity index (χ1n) is 8.95. The molecule has 0 aliphatic rings. The zero-order chi connectivity index (χ0) is 20.5. The van der Waals surface area contributed by atoms with Crippen molar-refractivity contribution < 1.29 is 28.6 Å². The van der Waals surface area contributed by atoms with Crippen LogP contribution in [-0.2, 0) is 16.0 Å². The van der Waals surface area contributed by atoms with Crippen molar-refractivity contribution in [2.45, 2.75) is 19.6 Å². The van der Waals surface area contributed by atoms with Crippen LogP contribution in [0.25, 0.3) is 11.3 Å². The van der Waals surface area contributed by atoms with E-state index in [9.17, 15) is 14.7 Å². The molecule has 0 amide bonds. The van der Waals surface area contributed by atoms with Gasteiger partial charge in [-0.3, -0.25) is 0 Å². The molecule has 2 aromatic rings. The van der Waals surface area contributed by atoms with Crippen molar-refractivity contribution >= 4 is 11.9 Å². The fourth-order valence-corrected chi connectivity index (χ4v) is 2.57. The van der Waals surface area contributed by atoms with Crippen molar-refractivity contribution in [3.05, 3.63) is 47.2 Å². The number of esters is 2. The summed E-state index contributed by atoms with van der Waals surface area (Å²) in [6.45, 7) is 4.24. The number of aliphatic hydroxyl groups excluding tert-OH is 1. The lowest BCUT2D eigenvalue weighted by Crippen LogP contribution is -2.31. The number of furan rings is 1. The lowest BCUT2D eigenvalue weighted by Gasteiger charge is -2.07. The van der Waals surface area contributed by atoms with Crippen molar-refractivity contribution in [3.63, 3.8) is 0 Å². The minimum Gasteiger partial charge on any atom is -0.465 e. The van der Waals surface area contributed by atoms with E-state index in [1.807, 2.05) is 6.07 Å². The van der Waals surface area contributed by atoms with Crippen molar-refractivity contribution in [1.82, 2.24) is 10.6 Å². The Labute approximate surface area is 163 Å². The highest BCUT2D eigenvalue weighted by atomic mass is 16.5. The van der Waals surface area contributed by atoms with Gasteiger partial charge < -0.3 is 29.6 Å². The molecule has 1 aromatic carbocycles. The van der Waals surface area contributed by atoms with E-state index >= 15 is 0 Å². The van der Waals surface area contributed by atoms with E-state index in [0.717, 1.165) is 6.54 Å². The fraction of sp³-hybridized carbons (Fsp3) is 0.400. The lowest BCUT2D eigenvalue weighted by molar-refractivity contribution is 0.0599. The van der Waals surface area contributed by atoms with Gasteiger partial charge >= 0.3 is 11.9 Å². The molecule has 8 heteroatoms. The molecule has 2 rings (SSSR count). The average molecular weight is 390 g/mol. The largest absolute Gasteiger partial charge is 0.465 e. The molecule has 3 N–H and O–H groups in total. The summed E-state index contributed by atoms with van der Waals surface area (Å²) in [5, 5.41) is 15.5. The third-order valence-corrected chi connectivity index (χ3v) is 3.94. The monoisotopic (exact) mass is 390 g/mol. The molecule has 0 aliphatic carbocycles. The van der Waals surface area contributed by atoms with E-state index in [-0.39, 0.29) is 17.2 Å². The Kier molecular flexibility index (Phi) is 8.19. The number of carbonyl (C=O) groups excluding carboxylic acids is 2. The van der Waals surface area contributed by atoms with Gasteiger partial charge in [0.15, 0.2) is 0 Å². The summed E-state index contributed by atoms with van der Waals surface area (Å²) >= 11 is 0. The minimum atomic E-state index is -0.551. The van der Waals surface area contributed by atoms with Gasteiger partial charge in [0, 0.05) is 25.2 Å². The van der Waals surface area contributed by atoms with Crippen LogP contribution in [0.2, 0.25) is 0 Å². The average Bonchev–Trinajstić information content (AvgIpc) is 3.17. The summed E-state index contributed by atoms with van der Waals surface area (Å²) < 4.78 is 15.3. The maximum Gasteiger partial charge on any atom is 0.337 e. The van der Waals surface area contributed by atoms with Gasteiger partial charge in [-0.15, -0.1) is 0 Å². The van der Waals surface area contributed by atoms with Crippen LogP contribution in [0.15, 0.2) is 34.7 Å². The van der Waals surface area contributed by atoms with Crippen LogP contribution in [-0.4, -0.2) is 57.0 Å². The van der Waals surface area contributed by atoms with Crippen LogP contribution in [0.3, 0.4) is 0 Å². The second-order valence-electron chi connectivity index (χ2n) is 6.28. The first-order chi connectivity index (χ1) is 13.4. The van der Waals surface area contributed by atoms with Gasteiger partial charge in [0.25, 0.3) is 0 Å². The predicted molar refractivity (Wildman–Crippen MR) is 103 cm³/mol. The molecule has 0 bridgehead atoms. The molecule has 0 saturated heterocycles. The molecule has 28 heavy (non-hydrogen) atoms. The second kappa shape index (κ2) is 10.6. The van der Waals surface area contributed by atoms with Gasteiger partial charge in [0.2, 0.25) is 0 Å². The number of ether oxygens (including phenoxy) is 2. The first-order valence-corrected chi connectivity index (χ1v) is 8.95. The van der Waals surface area contributed by atoms with E-state index in [1.54, 1.807) is 25.1 Å². The maximum atomic E-state index is 11.9. The number of methoxy groups -OCH3 is 2. The Bertz CT molecular complexity index is 765. The van der Waals surface area contributed by atoms with E-state index in [4.69, 9.17) is 13.9 Å². The smallest absolute Gasteiger partial charge is 0.337 e. The molecule has 0 saturated carbocycles. The maximum absolute atomic E-state index is 11.9. The van der Waals surface area contributed by atoms with Crippen LogP contribution < -0.4 is 10.6 Å². The molecule has 1 atom stereocenters. The van der Waals surface area contributed by atoms with Crippen molar-refractivity contribution in [3.8, 4) is 11.3 Å². The summed E-state index contributed by atoms with van der Waals surface area (Å²) in [4.78, 5) is 23.8. The highest BCUT2D eigenvalue weighted by Gasteiger charge is 2.16. The molecule has 0 fully saturated rings. The quantitative estimate of drug-likeness (QED) is 0.414. The van der Waals surface area contributed by atoms with E-state index in [2.05, 4.69) is 10.6 Å². The molecule has 0 radical (unpaired) electrons. The molecule has 8 nitrogen and oxygen atoms in total. The third kappa shape index (κ3) is 6.19. The van der Waals surface area contributed by atoms with Gasteiger partial charge in [-0.25, -0.2) is 9.59 Å². The van der Waals surface area contributed by atoms with Crippen LogP contribution >= 0.6 is 0 Å². The summed E-state index contributed by atoms with van der Waals surface area (Å²) in [5.41, 5.74) is 1.05. The number of benzene rings is 1. The minimum absolute atomic E-state index is 0.237. The summed E-state index contributed by atoms with van der Waals surface area (Å²) in [6, 6.07) is 8.24. The number of hydrogen-bond donors (Lipinski definition) is 3. The normalized spacial score (nSPS) is 11.9. The Morgan fingerprint density at radius 1 is 1.04 bits per heavy atom. The van der Waals surface area contributed by atoms with Gasteiger partial charge in [0.05, 0.1) is 38.0 Å². The standard InChI is InChI=1S/C20H26N2O6/c1-13(23)11-21-6-7-22-12-17-4-5-18(28-17)14-8-15(19(24)26-2)10-16(9-14)20(25)27-3/h4-5,8-10,13,21-23H,6-7,11-12H2,1-3H3/t13-/m0/s1. The number of nitrogens with one attached hydrogen (secondary N) is 2. The summed E-state index contributed by atoms with van der Waals surface area (Å²) in [5.74, 6) is 0.142. The molecule has 152 valence electrons. The Balaban J connectivity index is 2.06. The van der Waals surface area contributed by atoms with Crippen molar-refractivity contribution in [1.29, 1.82) is 0 Å². The molecular formula is C20H26N2O6. The number of carbonyl (C=O) groups is 2. The predicted octanol–water partition coefficient (Wildman–Crippen LogP) is 1.58. The van der Waals surface area contributed by atoms with Gasteiger partial charge in [-0.2, -0.15) is 0 Å². The summed E-state index contributed by atoms with van der Waals surface area (Å²) in [6.07, 6.45) is -0.372. The van der Waals surface area contributed by atoms with Gasteiger partial charge in [-0.05, 0) is 37.3 Å². The second-order valence-corrected chi connectivity index (χ2v) is 6.28. The molecule has 1 aromatic heterocycles. The zero-order valence-corrected chi connectivity index (χ0v) is 16.3. The van der Waals surface area contributed by atoms with Gasteiger partial charge in [0.1, 0.15) is 11.5 Å². The topological polar surface area (TPSA) is 110 Å². The zero-order valence-electron chi connectivity index (χ0n) is 16.3. The SMILES string of the molecule is COC(=O)c1cc(C(=O)OC)cc(-c2ccc(CNCCNC[C@H](C)O)o2)c1. The van der Waals surface area contributed by atoms with Crippen LogP contribution in [0.1, 0.15) is 33.4 Å². The molecule has 0 aliphatic heterocycles. The van der Waals surface area contributed by atoms with E-state index in [0.29, 0.717) is 36.7 Å². The van der Waals surface area contributed by atoms with E-state index < -0.39 is 11.9 Å². The highest BCUT2D eigenvalue weighted by Crippen LogP contribution is 2.25. The van der Waals surface area contributed by atoms with Crippen molar-refractivity contribution in [2.24, 2.45) is 0 Å². The third-order valence-electron chi connectivity index (χ3n) is 3.94. The molecule has 0 spiro atoms. The van der Waals surface area contributed by atoms with Crippen LogP contribution in [0.4, 0.5) is 0 Å². The Morgan fingerprint density at radius 2 is 1.64 bits per heavy atom. The van der Waals surface area contributed by atoms with Crippen LogP contribution in [0, 0.1) is 0 Å². The van der Waals surface area contributed by atoms with Crippen LogP contribution in [0.5, 0.6) is 0 Å². The molecule has 0 unspecified atom stereocenters. The van der Waals surface area contributed by atoms with Gasteiger partial charge in [-0.1, -0.05) is 0 Å². The number of rotatable bonds is 10. The van der Waals surface area contributed by atoms with Crippen molar-refractivity contribution in [2.75, 3.05) is 33.9 Å². The van der Waals surface area contributed by atoms with E-state index in [1.165, 1.54) is 20.3 Å².